The SMILES string of the molecule is CC(C)(C(=O)CC1CCC(F)(F)C1)C1CCCNC1. The van der Waals surface area contributed by atoms with E-state index >= 15 is 0 Å². The monoisotopic (exact) mass is 273 g/mol. The van der Waals surface area contributed by atoms with Crippen LogP contribution in [0.1, 0.15) is 52.4 Å². The highest BCUT2D eigenvalue weighted by Gasteiger charge is 2.43. The van der Waals surface area contributed by atoms with Crippen molar-refractivity contribution < 1.29 is 13.6 Å². The highest BCUT2D eigenvalue weighted by molar-refractivity contribution is 5.84. The van der Waals surface area contributed by atoms with E-state index in [9.17, 15) is 13.6 Å². The maximum atomic E-state index is 13.2. The van der Waals surface area contributed by atoms with Gasteiger partial charge in [0.05, 0.1) is 0 Å². The number of carbonyl (C=O) groups excluding carboxylic acids is 1. The van der Waals surface area contributed by atoms with Crippen LogP contribution < -0.4 is 5.32 Å². The molecule has 2 atom stereocenters. The molecule has 0 spiro atoms. The maximum Gasteiger partial charge on any atom is 0.248 e. The van der Waals surface area contributed by atoms with Crippen molar-refractivity contribution in [3.8, 4) is 0 Å². The fourth-order valence-corrected chi connectivity index (χ4v) is 3.44. The number of ketones is 1. The van der Waals surface area contributed by atoms with Gasteiger partial charge in [0.2, 0.25) is 5.92 Å². The molecule has 1 saturated carbocycles. The molecule has 0 aromatic heterocycles. The van der Waals surface area contributed by atoms with Gasteiger partial charge >= 0.3 is 0 Å². The van der Waals surface area contributed by atoms with Crippen LogP contribution in [0.5, 0.6) is 0 Å². The molecule has 0 aromatic rings. The number of nitrogens with one attached hydrogen (secondary N) is 1. The van der Waals surface area contributed by atoms with Crippen molar-refractivity contribution in [1.29, 1.82) is 0 Å². The lowest BCUT2D eigenvalue weighted by atomic mass is 9.70. The third-order valence-electron chi connectivity index (χ3n) is 5.02. The summed E-state index contributed by atoms with van der Waals surface area (Å²) in [6.07, 6.45) is 2.85. The second kappa shape index (κ2) is 5.47. The molecule has 1 aliphatic heterocycles. The third kappa shape index (κ3) is 3.53. The summed E-state index contributed by atoms with van der Waals surface area (Å²) in [5, 5.41) is 3.33. The highest BCUT2D eigenvalue weighted by Crippen LogP contribution is 2.42. The Bertz CT molecular complexity index is 335. The van der Waals surface area contributed by atoms with Gasteiger partial charge in [-0.3, -0.25) is 4.79 Å². The lowest BCUT2D eigenvalue weighted by molar-refractivity contribution is -0.131. The first-order valence-electron chi connectivity index (χ1n) is 7.43. The Labute approximate surface area is 114 Å². The van der Waals surface area contributed by atoms with Crippen molar-refractivity contribution in [2.75, 3.05) is 13.1 Å². The second-order valence-corrected chi connectivity index (χ2v) is 6.86. The van der Waals surface area contributed by atoms with Crippen molar-refractivity contribution in [2.45, 2.75) is 58.3 Å². The predicted octanol–water partition coefficient (Wildman–Crippen LogP) is 3.41. The fourth-order valence-electron chi connectivity index (χ4n) is 3.44. The quantitative estimate of drug-likeness (QED) is 0.850. The molecule has 0 amide bonds. The van der Waals surface area contributed by atoms with Crippen molar-refractivity contribution in [3.05, 3.63) is 0 Å². The summed E-state index contributed by atoms with van der Waals surface area (Å²) in [7, 11) is 0. The molecule has 1 heterocycles. The summed E-state index contributed by atoms with van der Waals surface area (Å²) >= 11 is 0. The first kappa shape index (κ1) is 14.9. The van der Waals surface area contributed by atoms with Crippen LogP contribution in [-0.2, 0) is 4.79 Å². The summed E-state index contributed by atoms with van der Waals surface area (Å²) in [6, 6.07) is 0. The Kier molecular flexibility index (Phi) is 4.29. The van der Waals surface area contributed by atoms with E-state index in [2.05, 4.69) is 5.32 Å². The molecule has 1 N–H and O–H groups in total. The van der Waals surface area contributed by atoms with E-state index in [4.69, 9.17) is 0 Å². The van der Waals surface area contributed by atoms with E-state index in [1.54, 1.807) is 0 Å². The summed E-state index contributed by atoms with van der Waals surface area (Å²) in [6.45, 7) is 5.87. The van der Waals surface area contributed by atoms with Gasteiger partial charge in [-0.15, -0.1) is 0 Å². The molecular weight excluding hydrogens is 248 g/mol. The topological polar surface area (TPSA) is 29.1 Å². The number of carbonyl (C=O) groups is 1. The van der Waals surface area contributed by atoms with Crippen LogP contribution >= 0.6 is 0 Å². The van der Waals surface area contributed by atoms with Gasteiger partial charge in [0.25, 0.3) is 0 Å². The number of rotatable bonds is 4. The van der Waals surface area contributed by atoms with Crippen LogP contribution in [0.15, 0.2) is 0 Å². The zero-order valence-electron chi connectivity index (χ0n) is 12.0. The van der Waals surface area contributed by atoms with Crippen LogP contribution in [0, 0.1) is 17.3 Å². The predicted molar refractivity (Wildman–Crippen MR) is 71.3 cm³/mol. The number of hydrogen-bond acceptors (Lipinski definition) is 2. The Morgan fingerprint density at radius 2 is 2.11 bits per heavy atom. The van der Waals surface area contributed by atoms with Crippen molar-refractivity contribution in [1.82, 2.24) is 5.32 Å². The standard InChI is InChI=1S/C15H25F2NO/c1-14(2,12-4-3-7-18-10-12)13(19)8-11-5-6-15(16,17)9-11/h11-12,18H,3-10H2,1-2H3. The first-order valence-corrected chi connectivity index (χ1v) is 7.43. The summed E-state index contributed by atoms with van der Waals surface area (Å²) in [5.41, 5.74) is -0.384. The number of hydrogen-bond donors (Lipinski definition) is 1. The van der Waals surface area contributed by atoms with Crippen LogP contribution in [0.4, 0.5) is 8.78 Å². The third-order valence-corrected chi connectivity index (χ3v) is 5.02. The van der Waals surface area contributed by atoms with E-state index in [-0.39, 0.29) is 30.0 Å². The number of piperidine rings is 1. The van der Waals surface area contributed by atoms with Crippen LogP contribution in [-0.4, -0.2) is 24.8 Å². The molecule has 1 aliphatic carbocycles. The van der Waals surface area contributed by atoms with E-state index in [0.717, 1.165) is 25.9 Å². The van der Waals surface area contributed by atoms with Gasteiger partial charge < -0.3 is 5.32 Å². The first-order chi connectivity index (χ1) is 8.81. The van der Waals surface area contributed by atoms with Gasteiger partial charge in [-0.2, -0.15) is 0 Å². The molecule has 2 aliphatic rings. The average molecular weight is 273 g/mol. The summed E-state index contributed by atoms with van der Waals surface area (Å²) in [4.78, 5) is 12.5. The largest absolute Gasteiger partial charge is 0.316 e. The van der Waals surface area contributed by atoms with E-state index < -0.39 is 5.92 Å². The Morgan fingerprint density at radius 1 is 1.37 bits per heavy atom. The Balaban J connectivity index is 1.91. The van der Waals surface area contributed by atoms with Crippen molar-refractivity contribution in [2.24, 2.45) is 17.3 Å². The van der Waals surface area contributed by atoms with Gasteiger partial charge in [0, 0.05) is 24.7 Å². The zero-order chi connectivity index (χ0) is 14.1. The normalized spacial score (nSPS) is 31.4. The van der Waals surface area contributed by atoms with Crippen molar-refractivity contribution >= 4 is 5.78 Å². The minimum atomic E-state index is -2.54. The molecule has 0 bridgehead atoms. The minimum absolute atomic E-state index is 0.0453. The number of Topliss-reactive ketones (excluding diaryl/α,β-unsaturated/α-hetero) is 1. The Morgan fingerprint density at radius 3 is 2.63 bits per heavy atom. The number of alkyl halides is 2. The van der Waals surface area contributed by atoms with Crippen LogP contribution in [0.3, 0.4) is 0 Å². The van der Waals surface area contributed by atoms with Gasteiger partial charge in [-0.1, -0.05) is 13.8 Å². The molecule has 2 nitrogen and oxygen atoms in total. The molecule has 4 heteroatoms. The molecule has 2 fully saturated rings. The highest BCUT2D eigenvalue weighted by atomic mass is 19.3. The summed E-state index contributed by atoms with van der Waals surface area (Å²) in [5.74, 6) is -2.14. The van der Waals surface area contributed by atoms with Gasteiger partial charge in [0.15, 0.2) is 0 Å². The van der Waals surface area contributed by atoms with Gasteiger partial charge in [0.1, 0.15) is 5.78 Å². The lowest BCUT2D eigenvalue weighted by Crippen LogP contribution is -2.43. The molecule has 19 heavy (non-hydrogen) atoms. The number of halogens is 2. The van der Waals surface area contributed by atoms with Crippen LogP contribution in [0.25, 0.3) is 0 Å². The fraction of sp³-hybridized carbons (Fsp3) is 0.933. The van der Waals surface area contributed by atoms with Gasteiger partial charge in [-0.25, -0.2) is 8.78 Å². The second-order valence-electron chi connectivity index (χ2n) is 6.86. The van der Waals surface area contributed by atoms with Gasteiger partial charge in [-0.05, 0) is 44.2 Å². The zero-order valence-corrected chi connectivity index (χ0v) is 12.0. The van der Waals surface area contributed by atoms with E-state index in [1.807, 2.05) is 13.8 Å². The molecule has 2 rings (SSSR count). The van der Waals surface area contributed by atoms with Crippen LogP contribution in [0.2, 0.25) is 0 Å². The molecule has 0 radical (unpaired) electrons. The Hall–Kier alpha value is -0.510. The molecule has 2 unspecified atom stereocenters. The molecular formula is C15H25F2NO. The smallest absolute Gasteiger partial charge is 0.248 e. The summed E-state index contributed by atoms with van der Waals surface area (Å²) < 4.78 is 26.3. The van der Waals surface area contributed by atoms with Crippen molar-refractivity contribution in [3.63, 3.8) is 0 Å². The van der Waals surface area contributed by atoms with E-state index in [1.165, 1.54) is 0 Å². The maximum absolute atomic E-state index is 13.2. The molecule has 1 saturated heterocycles. The lowest BCUT2D eigenvalue weighted by Gasteiger charge is -2.36. The average Bonchev–Trinajstić information content (AvgIpc) is 2.69. The molecule has 110 valence electrons. The molecule has 0 aromatic carbocycles. The van der Waals surface area contributed by atoms with E-state index in [0.29, 0.717) is 18.8 Å². The minimum Gasteiger partial charge on any atom is -0.316 e.